The number of nitrogens with one attached hydrogen (secondary N) is 1. The molecule has 1 aliphatic rings. The van der Waals surface area contributed by atoms with Crippen LogP contribution < -0.4 is 5.32 Å². The van der Waals surface area contributed by atoms with E-state index in [1.54, 1.807) is 11.8 Å². The Morgan fingerprint density at radius 3 is 2.90 bits per heavy atom. The number of nitrogens with zero attached hydrogens (tertiary/aromatic N) is 1. The molecule has 3 rings (SSSR count). The first-order chi connectivity index (χ1) is 9.72. The predicted molar refractivity (Wildman–Crippen MR) is 87.1 cm³/mol. The lowest BCUT2D eigenvalue weighted by atomic mass is 10.1. The molecule has 1 aromatic heterocycles. The lowest BCUT2D eigenvalue weighted by molar-refractivity contribution is 0.687. The Bertz CT molecular complexity index is 611. The highest BCUT2D eigenvalue weighted by molar-refractivity contribution is 9.10. The van der Waals surface area contributed by atoms with Gasteiger partial charge in [-0.15, -0.1) is 0 Å². The summed E-state index contributed by atoms with van der Waals surface area (Å²) in [7, 11) is 0. The van der Waals surface area contributed by atoms with Gasteiger partial charge in [-0.2, -0.15) is 0 Å². The van der Waals surface area contributed by atoms with E-state index in [-0.39, 0.29) is 0 Å². The van der Waals surface area contributed by atoms with E-state index in [1.807, 2.05) is 18.3 Å². The number of rotatable bonds is 5. The molecule has 0 amide bonds. The average molecular weight is 349 g/mol. The summed E-state index contributed by atoms with van der Waals surface area (Å²) in [5, 5.41) is 4.57. The van der Waals surface area contributed by atoms with E-state index in [9.17, 15) is 0 Å². The monoisotopic (exact) mass is 348 g/mol. The van der Waals surface area contributed by atoms with Crippen molar-refractivity contribution in [2.24, 2.45) is 0 Å². The van der Waals surface area contributed by atoms with Gasteiger partial charge in [0.05, 0.1) is 4.47 Å². The third kappa shape index (κ3) is 3.62. The largest absolute Gasteiger partial charge is 0.310 e. The standard InChI is InChI=1S/C16H17BrN2S/c1-11-9-12(10-19-13-5-6-13)4-7-15(11)20-16-14(17)3-2-8-18-16/h2-4,7-9,13,19H,5-6,10H2,1H3. The minimum Gasteiger partial charge on any atom is -0.310 e. The molecule has 4 heteroatoms. The van der Waals surface area contributed by atoms with Crippen molar-refractivity contribution >= 4 is 27.7 Å². The Kier molecular flexibility index (Phi) is 4.44. The fraction of sp³-hybridized carbons (Fsp3) is 0.312. The topological polar surface area (TPSA) is 24.9 Å². The first-order valence-corrected chi connectivity index (χ1v) is 8.44. The molecular weight excluding hydrogens is 332 g/mol. The van der Waals surface area contributed by atoms with Crippen LogP contribution >= 0.6 is 27.7 Å². The van der Waals surface area contributed by atoms with E-state index in [2.05, 4.69) is 51.4 Å². The highest BCUT2D eigenvalue weighted by Gasteiger charge is 2.19. The maximum absolute atomic E-state index is 4.41. The van der Waals surface area contributed by atoms with Crippen LogP contribution in [0.2, 0.25) is 0 Å². The average Bonchev–Trinajstić information content (AvgIpc) is 3.26. The van der Waals surface area contributed by atoms with Crippen molar-refractivity contribution in [3.05, 3.63) is 52.1 Å². The Balaban J connectivity index is 1.71. The molecule has 2 aromatic rings. The Morgan fingerprint density at radius 2 is 2.20 bits per heavy atom. The van der Waals surface area contributed by atoms with Gasteiger partial charge < -0.3 is 5.32 Å². The lowest BCUT2D eigenvalue weighted by Crippen LogP contribution is -2.15. The molecule has 2 nitrogen and oxygen atoms in total. The number of benzene rings is 1. The van der Waals surface area contributed by atoms with Crippen LogP contribution in [-0.2, 0) is 6.54 Å². The molecule has 1 heterocycles. The van der Waals surface area contributed by atoms with Gasteiger partial charge in [-0.25, -0.2) is 4.98 Å². The van der Waals surface area contributed by atoms with Crippen LogP contribution in [-0.4, -0.2) is 11.0 Å². The molecule has 0 bridgehead atoms. The molecule has 1 fully saturated rings. The van der Waals surface area contributed by atoms with E-state index in [4.69, 9.17) is 0 Å². The molecule has 0 aliphatic heterocycles. The molecule has 0 atom stereocenters. The molecular formula is C16H17BrN2S. The highest BCUT2D eigenvalue weighted by atomic mass is 79.9. The molecule has 0 spiro atoms. The van der Waals surface area contributed by atoms with Crippen LogP contribution in [0.3, 0.4) is 0 Å². The van der Waals surface area contributed by atoms with E-state index in [1.165, 1.54) is 28.9 Å². The van der Waals surface area contributed by atoms with E-state index >= 15 is 0 Å². The maximum Gasteiger partial charge on any atom is 0.115 e. The predicted octanol–water partition coefficient (Wildman–Crippen LogP) is 4.56. The molecule has 1 N–H and O–H groups in total. The fourth-order valence-corrected chi connectivity index (χ4v) is 3.38. The van der Waals surface area contributed by atoms with Crippen LogP contribution in [0.15, 0.2) is 50.9 Å². The summed E-state index contributed by atoms with van der Waals surface area (Å²) >= 11 is 5.26. The van der Waals surface area contributed by atoms with Crippen molar-refractivity contribution in [3.63, 3.8) is 0 Å². The molecule has 0 saturated heterocycles. The van der Waals surface area contributed by atoms with Crippen molar-refractivity contribution < 1.29 is 0 Å². The smallest absolute Gasteiger partial charge is 0.115 e. The van der Waals surface area contributed by atoms with Gasteiger partial charge in [0.2, 0.25) is 0 Å². The second kappa shape index (κ2) is 6.29. The van der Waals surface area contributed by atoms with E-state index in [0.717, 1.165) is 22.1 Å². The minimum atomic E-state index is 0.758. The van der Waals surface area contributed by atoms with Crippen LogP contribution in [0, 0.1) is 6.92 Å². The Morgan fingerprint density at radius 1 is 1.35 bits per heavy atom. The molecule has 104 valence electrons. The highest BCUT2D eigenvalue weighted by Crippen LogP contribution is 2.33. The fourth-order valence-electron chi connectivity index (χ4n) is 2.04. The van der Waals surface area contributed by atoms with Crippen molar-refractivity contribution in [1.82, 2.24) is 10.3 Å². The van der Waals surface area contributed by atoms with Crippen LogP contribution in [0.25, 0.3) is 0 Å². The first kappa shape index (κ1) is 14.1. The summed E-state index contributed by atoms with van der Waals surface area (Å²) in [5.74, 6) is 0. The Hall–Kier alpha value is -0.840. The third-order valence-corrected chi connectivity index (χ3v) is 5.44. The van der Waals surface area contributed by atoms with Crippen molar-refractivity contribution in [1.29, 1.82) is 0 Å². The molecule has 0 radical (unpaired) electrons. The van der Waals surface area contributed by atoms with Gasteiger partial charge in [-0.3, -0.25) is 0 Å². The Labute approximate surface area is 132 Å². The number of aromatic nitrogens is 1. The molecule has 1 aromatic carbocycles. The van der Waals surface area contributed by atoms with Gasteiger partial charge in [0.25, 0.3) is 0 Å². The molecule has 1 aliphatic carbocycles. The van der Waals surface area contributed by atoms with Crippen LogP contribution in [0.1, 0.15) is 24.0 Å². The van der Waals surface area contributed by atoms with E-state index in [0.29, 0.717) is 0 Å². The zero-order chi connectivity index (χ0) is 13.9. The third-order valence-electron chi connectivity index (χ3n) is 3.34. The normalized spacial score (nSPS) is 14.5. The summed E-state index contributed by atoms with van der Waals surface area (Å²) < 4.78 is 1.05. The summed E-state index contributed by atoms with van der Waals surface area (Å²) in [6.45, 7) is 3.14. The zero-order valence-corrected chi connectivity index (χ0v) is 13.8. The van der Waals surface area contributed by atoms with Crippen molar-refractivity contribution in [3.8, 4) is 0 Å². The van der Waals surface area contributed by atoms with Crippen LogP contribution in [0.5, 0.6) is 0 Å². The van der Waals surface area contributed by atoms with Gasteiger partial charge in [0.1, 0.15) is 5.03 Å². The summed E-state index contributed by atoms with van der Waals surface area (Å²) in [4.78, 5) is 5.67. The second-order valence-electron chi connectivity index (χ2n) is 5.15. The van der Waals surface area contributed by atoms with Gasteiger partial charge >= 0.3 is 0 Å². The quantitative estimate of drug-likeness (QED) is 0.857. The summed E-state index contributed by atoms with van der Waals surface area (Å²) in [5.41, 5.74) is 2.67. The summed E-state index contributed by atoms with van der Waals surface area (Å²) in [6, 6.07) is 11.4. The number of hydrogen-bond acceptors (Lipinski definition) is 3. The zero-order valence-electron chi connectivity index (χ0n) is 11.4. The van der Waals surface area contributed by atoms with Crippen molar-refractivity contribution in [2.75, 3.05) is 0 Å². The van der Waals surface area contributed by atoms with E-state index < -0.39 is 0 Å². The lowest BCUT2D eigenvalue weighted by Gasteiger charge is -2.09. The SMILES string of the molecule is Cc1cc(CNC2CC2)ccc1Sc1ncccc1Br. The van der Waals surface area contributed by atoms with Gasteiger partial charge in [-0.1, -0.05) is 23.9 Å². The first-order valence-electron chi connectivity index (χ1n) is 6.83. The number of hydrogen-bond donors (Lipinski definition) is 1. The number of pyridine rings is 1. The second-order valence-corrected chi connectivity index (χ2v) is 7.03. The minimum absolute atomic E-state index is 0.758. The maximum atomic E-state index is 4.41. The van der Waals surface area contributed by atoms with Gasteiger partial charge in [-0.05, 0) is 65.0 Å². The number of halogens is 1. The molecule has 20 heavy (non-hydrogen) atoms. The molecule has 0 unspecified atom stereocenters. The summed E-state index contributed by atoms with van der Waals surface area (Å²) in [6.07, 6.45) is 4.50. The number of aryl methyl sites for hydroxylation is 1. The van der Waals surface area contributed by atoms with Gasteiger partial charge in [0.15, 0.2) is 0 Å². The van der Waals surface area contributed by atoms with Crippen molar-refractivity contribution in [2.45, 2.75) is 42.3 Å². The van der Waals surface area contributed by atoms with Crippen LogP contribution in [0.4, 0.5) is 0 Å². The van der Waals surface area contributed by atoms with Gasteiger partial charge in [0, 0.05) is 23.7 Å². The molecule has 1 saturated carbocycles.